The van der Waals surface area contributed by atoms with Crippen LogP contribution in [0.25, 0.3) is 0 Å². The highest BCUT2D eigenvalue weighted by Gasteiger charge is 2.45. The highest BCUT2D eigenvalue weighted by atomic mass is 35.5. The lowest BCUT2D eigenvalue weighted by atomic mass is 9.86. The van der Waals surface area contributed by atoms with Gasteiger partial charge in [-0.05, 0) is 49.1 Å². The van der Waals surface area contributed by atoms with Gasteiger partial charge in [-0.3, -0.25) is 0 Å². The summed E-state index contributed by atoms with van der Waals surface area (Å²) >= 11 is 6.09. The van der Waals surface area contributed by atoms with E-state index in [1.807, 2.05) is 0 Å². The van der Waals surface area contributed by atoms with Crippen molar-refractivity contribution in [1.82, 2.24) is 0 Å². The Morgan fingerprint density at radius 2 is 1.67 bits per heavy atom. The predicted octanol–water partition coefficient (Wildman–Crippen LogP) is 7.51. The van der Waals surface area contributed by atoms with Crippen LogP contribution >= 0.6 is 11.6 Å². The van der Waals surface area contributed by atoms with Crippen LogP contribution in [0, 0.1) is 24.2 Å². The first kappa shape index (κ1) is 27.5. The first-order chi connectivity index (χ1) is 13.5. The molecular weight excluding hydrogens is 424 g/mol. The van der Waals surface area contributed by atoms with E-state index in [1.165, 1.54) is 5.57 Å². The molecule has 0 fully saturated rings. The fourth-order valence-electron chi connectivity index (χ4n) is 2.84. The van der Waals surface area contributed by atoms with Gasteiger partial charge in [0.05, 0.1) is 0 Å². The Morgan fingerprint density at radius 3 is 2.07 bits per heavy atom. The number of halogens is 1. The fourth-order valence-corrected chi connectivity index (χ4v) is 5.81. The molecule has 0 radical (unpaired) electrons. The Bertz CT molecular complexity index is 723. The van der Waals surface area contributed by atoms with Crippen LogP contribution in [-0.2, 0) is 8.85 Å². The smallest absolute Gasteiger partial charge is 0.194 e. The normalized spacial score (nSPS) is 21.9. The van der Waals surface area contributed by atoms with E-state index in [0.717, 1.165) is 19.3 Å². The molecule has 0 aromatic heterocycles. The molecule has 0 bridgehead atoms. The molecule has 0 aliphatic heterocycles. The zero-order chi connectivity index (χ0) is 23.4. The third kappa shape index (κ3) is 7.28. The summed E-state index contributed by atoms with van der Waals surface area (Å²) in [5.41, 5.74) is 0.799. The topological polar surface area (TPSA) is 18.5 Å². The highest BCUT2D eigenvalue weighted by molar-refractivity contribution is 6.74. The third-order valence-corrected chi connectivity index (χ3v) is 16.3. The number of hydrogen-bond donors (Lipinski definition) is 0. The van der Waals surface area contributed by atoms with Gasteiger partial charge in [0.15, 0.2) is 16.6 Å². The standard InChI is InChI=1S/C25H43ClO2Si2/c1-12-13-22(27-29(8,9)23(2,3)4)16-19-25(17-14-21(20-26)15-18-25)28-30(10,11)24(5,6)7/h1,14,22H,13,15,17-18,20H2,2-11H3. The Kier molecular flexibility index (Phi) is 9.15. The summed E-state index contributed by atoms with van der Waals surface area (Å²) in [6.07, 6.45) is 10.7. The lowest BCUT2D eigenvalue weighted by Gasteiger charge is -2.44. The molecule has 30 heavy (non-hydrogen) atoms. The van der Waals surface area contributed by atoms with Crippen LogP contribution in [0.15, 0.2) is 11.6 Å². The quantitative estimate of drug-likeness (QED) is 0.174. The second-order valence-corrected chi connectivity index (χ2v) is 21.3. The zero-order valence-corrected chi connectivity index (χ0v) is 23.7. The molecule has 170 valence electrons. The molecule has 0 N–H and O–H groups in total. The predicted molar refractivity (Wildman–Crippen MR) is 137 cm³/mol. The molecule has 1 aliphatic carbocycles. The minimum atomic E-state index is -2.00. The second-order valence-electron chi connectivity index (χ2n) is 11.6. The van der Waals surface area contributed by atoms with Gasteiger partial charge in [0, 0.05) is 18.7 Å². The molecule has 0 aromatic carbocycles. The average Bonchev–Trinajstić information content (AvgIpc) is 2.58. The van der Waals surface area contributed by atoms with E-state index in [4.69, 9.17) is 26.9 Å². The first-order valence-electron chi connectivity index (χ1n) is 11.1. The Hall–Kier alpha value is -0.496. The van der Waals surface area contributed by atoms with Crippen molar-refractivity contribution in [3.05, 3.63) is 11.6 Å². The SMILES string of the molecule is C#CCC(C#CC1(O[Si](C)(C)C(C)(C)C)CC=C(CCl)CC1)O[Si](C)(C)C(C)(C)C. The number of terminal acetylenes is 1. The monoisotopic (exact) mass is 466 g/mol. The number of alkyl halides is 1. The van der Waals surface area contributed by atoms with Crippen LogP contribution < -0.4 is 0 Å². The summed E-state index contributed by atoms with van der Waals surface area (Å²) in [6.45, 7) is 22.6. The van der Waals surface area contributed by atoms with Crippen molar-refractivity contribution in [3.8, 4) is 24.2 Å². The second kappa shape index (κ2) is 9.97. The van der Waals surface area contributed by atoms with Crippen LogP contribution in [0.4, 0.5) is 0 Å². The molecule has 0 spiro atoms. The van der Waals surface area contributed by atoms with Crippen LogP contribution in [0.5, 0.6) is 0 Å². The highest BCUT2D eigenvalue weighted by Crippen LogP contribution is 2.43. The lowest BCUT2D eigenvalue weighted by Crippen LogP contribution is -2.50. The third-order valence-electron chi connectivity index (χ3n) is 7.01. The van der Waals surface area contributed by atoms with E-state index in [9.17, 15) is 0 Å². The van der Waals surface area contributed by atoms with E-state index in [1.54, 1.807) is 0 Å². The molecule has 2 nitrogen and oxygen atoms in total. The Balaban J connectivity index is 3.29. The van der Waals surface area contributed by atoms with Crippen molar-refractivity contribution in [2.24, 2.45) is 0 Å². The van der Waals surface area contributed by atoms with Gasteiger partial charge in [-0.25, -0.2) is 0 Å². The van der Waals surface area contributed by atoms with Gasteiger partial charge in [0.25, 0.3) is 0 Å². The van der Waals surface area contributed by atoms with E-state index < -0.39 is 22.2 Å². The summed E-state index contributed by atoms with van der Waals surface area (Å²) in [4.78, 5) is 0. The minimum absolute atomic E-state index is 0.111. The largest absolute Gasteiger partial charge is 0.402 e. The van der Waals surface area contributed by atoms with Gasteiger partial charge < -0.3 is 8.85 Å². The summed E-state index contributed by atoms with van der Waals surface area (Å²) in [5.74, 6) is 10.3. The number of allylic oxidation sites excluding steroid dienone is 1. The molecule has 2 atom stereocenters. The van der Waals surface area contributed by atoms with Crippen LogP contribution in [0.3, 0.4) is 0 Å². The molecular formula is C25H43ClO2Si2. The number of rotatable bonds is 6. The van der Waals surface area contributed by atoms with E-state index in [2.05, 4.69) is 91.6 Å². The van der Waals surface area contributed by atoms with Gasteiger partial charge in [0.2, 0.25) is 0 Å². The first-order valence-corrected chi connectivity index (χ1v) is 17.4. The maximum absolute atomic E-state index is 6.93. The van der Waals surface area contributed by atoms with Crippen LogP contribution in [0.1, 0.15) is 67.2 Å². The van der Waals surface area contributed by atoms with Crippen LogP contribution in [0.2, 0.25) is 36.3 Å². The van der Waals surface area contributed by atoms with E-state index >= 15 is 0 Å². The Morgan fingerprint density at radius 1 is 1.10 bits per heavy atom. The van der Waals surface area contributed by atoms with Gasteiger partial charge in [-0.1, -0.05) is 65.0 Å². The molecule has 1 rings (SSSR count). The maximum Gasteiger partial charge on any atom is 0.194 e. The van der Waals surface area contributed by atoms with Gasteiger partial charge >= 0.3 is 0 Å². The molecule has 2 unspecified atom stereocenters. The van der Waals surface area contributed by atoms with E-state index in [-0.39, 0.29) is 16.2 Å². The Labute approximate surface area is 193 Å². The van der Waals surface area contributed by atoms with Crippen molar-refractivity contribution in [2.45, 2.75) is 115 Å². The van der Waals surface area contributed by atoms with Crippen molar-refractivity contribution < 1.29 is 8.85 Å². The van der Waals surface area contributed by atoms with Gasteiger partial charge in [-0.2, -0.15) is 0 Å². The molecule has 5 heteroatoms. The zero-order valence-electron chi connectivity index (χ0n) is 21.0. The lowest BCUT2D eigenvalue weighted by molar-refractivity contribution is 0.0998. The minimum Gasteiger partial charge on any atom is -0.402 e. The van der Waals surface area contributed by atoms with E-state index in [0.29, 0.717) is 12.3 Å². The summed E-state index contributed by atoms with van der Waals surface area (Å²) in [5, 5.41) is 0.230. The van der Waals surface area contributed by atoms with Crippen molar-refractivity contribution >= 4 is 28.2 Å². The maximum atomic E-state index is 6.93. The summed E-state index contributed by atoms with van der Waals surface area (Å²) < 4.78 is 13.5. The molecule has 0 heterocycles. The summed E-state index contributed by atoms with van der Waals surface area (Å²) in [6, 6.07) is 0. The fraction of sp³-hybridized carbons (Fsp3) is 0.760. The van der Waals surface area contributed by atoms with Crippen molar-refractivity contribution in [2.75, 3.05) is 5.88 Å². The molecule has 0 saturated carbocycles. The summed E-state index contributed by atoms with van der Waals surface area (Å²) in [7, 11) is -3.97. The van der Waals surface area contributed by atoms with Crippen molar-refractivity contribution in [3.63, 3.8) is 0 Å². The molecule has 0 saturated heterocycles. The molecule has 1 aliphatic rings. The van der Waals surface area contributed by atoms with Crippen LogP contribution in [-0.4, -0.2) is 34.2 Å². The van der Waals surface area contributed by atoms with Gasteiger partial charge in [-0.15, -0.1) is 23.9 Å². The average molecular weight is 467 g/mol. The molecule has 0 aromatic rings. The van der Waals surface area contributed by atoms with Gasteiger partial charge in [0.1, 0.15) is 11.7 Å². The van der Waals surface area contributed by atoms with Crippen molar-refractivity contribution in [1.29, 1.82) is 0 Å². The molecule has 0 amide bonds. The number of hydrogen-bond acceptors (Lipinski definition) is 2.